The summed E-state index contributed by atoms with van der Waals surface area (Å²) in [6, 6.07) is 20.5. The highest BCUT2D eigenvalue weighted by atomic mass is 127. The molecule has 0 atom stereocenters. The number of furan rings is 1. The Morgan fingerprint density at radius 2 is 1.38 bits per heavy atom. The second-order valence-electron chi connectivity index (χ2n) is 4.62. The molecule has 0 aliphatic carbocycles. The zero-order valence-corrected chi connectivity index (χ0v) is 15.7. The number of benzene rings is 2. The Morgan fingerprint density at radius 1 is 0.810 bits per heavy atom. The molecule has 2 aromatic carbocycles. The van der Waals surface area contributed by atoms with Gasteiger partial charge in [0, 0.05) is 18.3 Å². The van der Waals surface area contributed by atoms with E-state index in [2.05, 4.69) is 74.3 Å². The maximum absolute atomic E-state index is 6.16. The highest BCUT2D eigenvalue weighted by molar-refractivity contribution is 14.1. The average Bonchev–Trinajstić information content (AvgIpc) is 2.84. The number of para-hydroxylation sites is 1. The summed E-state index contributed by atoms with van der Waals surface area (Å²) >= 11 is 4.71. The van der Waals surface area contributed by atoms with E-state index in [0.29, 0.717) is 0 Å². The van der Waals surface area contributed by atoms with Crippen molar-refractivity contribution in [3.8, 4) is 11.3 Å². The molecule has 0 radical (unpaired) electrons. The van der Waals surface area contributed by atoms with E-state index in [-0.39, 0.29) is 0 Å². The van der Waals surface area contributed by atoms with E-state index < -0.39 is 0 Å². The molecule has 2 nitrogen and oxygen atoms in total. The summed E-state index contributed by atoms with van der Waals surface area (Å²) in [5.41, 5.74) is 2.22. The van der Waals surface area contributed by atoms with Crippen LogP contribution in [0.4, 0.5) is 11.6 Å². The minimum absolute atomic E-state index is 0.880. The van der Waals surface area contributed by atoms with Gasteiger partial charge >= 0.3 is 0 Å². The molecule has 3 rings (SSSR count). The first-order chi connectivity index (χ1) is 10.2. The lowest BCUT2D eigenvalue weighted by molar-refractivity contribution is 0.581. The SMILES string of the molecule is CN(c1ccccc1)c1oc(-c2ccccc2)c(I)c1I. The molecule has 0 amide bonds. The maximum Gasteiger partial charge on any atom is 0.214 e. The van der Waals surface area contributed by atoms with Crippen molar-refractivity contribution >= 4 is 56.8 Å². The summed E-state index contributed by atoms with van der Waals surface area (Å²) in [6.07, 6.45) is 0. The van der Waals surface area contributed by atoms with Gasteiger partial charge in [-0.15, -0.1) is 0 Å². The van der Waals surface area contributed by atoms with Gasteiger partial charge in [-0.3, -0.25) is 0 Å². The highest BCUT2D eigenvalue weighted by Gasteiger charge is 2.21. The fourth-order valence-electron chi connectivity index (χ4n) is 2.14. The molecule has 0 aliphatic rings. The molecule has 1 heterocycles. The van der Waals surface area contributed by atoms with E-state index >= 15 is 0 Å². The first kappa shape index (κ1) is 14.9. The topological polar surface area (TPSA) is 16.4 Å². The van der Waals surface area contributed by atoms with Crippen molar-refractivity contribution < 1.29 is 4.42 Å². The van der Waals surface area contributed by atoms with Gasteiger partial charge in [-0.25, -0.2) is 0 Å². The van der Waals surface area contributed by atoms with Gasteiger partial charge < -0.3 is 9.32 Å². The van der Waals surface area contributed by atoms with Crippen LogP contribution in [0.1, 0.15) is 0 Å². The maximum atomic E-state index is 6.16. The van der Waals surface area contributed by atoms with Gasteiger partial charge in [0.1, 0.15) is 0 Å². The Hall–Kier alpha value is -1.02. The van der Waals surface area contributed by atoms with Crippen LogP contribution in [0.5, 0.6) is 0 Å². The second kappa shape index (κ2) is 6.39. The number of nitrogens with zero attached hydrogens (tertiary/aromatic N) is 1. The van der Waals surface area contributed by atoms with Crippen LogP contribution < -0.4 is 4.90 Å². The van der Waals surface area contributed by atoms with E-state index in [1.807, 2.05) is 43.4 Å². The average molecular weight is 501 g/mol. The van der Waals surface area contributed by atoms with Crippen molar-refractivity contribution in [1.29, 1.82) is 0 Å². The van der Waals surface area contributed by atoms with Crippen LogP contribution in [0, 0.1) is 7.14 Å². The van der Waals surface area contributed by atoms with Crippen molar-refractivity contribution in [1.82, 2.24) is 0 Å². The predicted octanol–water partition coefficient (Wildman–Crippen LogP) is 5.92. The fourth-order valence-corrected chi connectivity index (χ4v) is 3.51. The highest BCUT2D eigenvalue weighted by Crippen LogP contribution is 2.39. The molecule has 0 N–H and O–H groups in total. The van der Waals surface area contributed by atoms with Crippen molar-refractivity contribution in [3.05, 3.63) is 67.8 Å². The van der Waals surface area contributed by atoms with Crippen molar-refractivity contribution in [2.24, 2.45) is 0 Å². The van der Waals surface area contributed by atoms with Crippen LogP contribution in [0.15, 0.2) is 65.1 Å². The van der Waals surface area contributed by atoms with Crippen LogP contribution in [-0.4, -0.2) is 7.05 Å². The Balaban J connectivity index is 2.06. The van der Waals surface area contributed by atoms with E-state index in [1.165, 1.54) is 0 Å². The van der Waals surface area contributed by atoms with E-state index in [0.717, 1.165) is 30.0 Å². The molecule has 1 aromatic heterocycles. The van der Waals surface area contributed by atoms with Crippen LogP contribution in [0.3, 0.4) is 0 Å². The zero-order valence-electron chi connectivity index (χ0n) is 11.4. The van der Waals surface area contributed by atoms with Gasteiger partial charge in [-0.2, -0.15) is 0 Å². The summed E-state index contributed by atoms with van der Waals surface area (Å²) in [6.45, 7) is 0. The number of anilines is 2. The van der Waals surface area contributed by atoms with Gasteiger partial charge in [0.05, 0.1) is 7.14 Å². The predicted molar refractivity (Wildman–Crippen MR) is 104 cm³/mol. The van der Waals surface area contributed by atoms with E-state index in [1.54, 1.807) is 0 Å². The summed E-state index contributed by atoms with van der Waals surface area (Å²) in [4.78, 5) is 2.08. The van der Waals surface area contributed by atoms with Crippen molar-refractivity contribution in [2.45, 2.75) is 0 Å². The molecule has 0 spiro atoms. The summed E-state index contributed by atoms with van der Waals surface area (Å²) in [7, 11) is 2.03. The number of halogens is 2. The normalized spacial score (nSPS) is 10.6. The zero-order chi connectivity index (χ0) is 14.8. The molecule has 0 saturated heterocycles. The van der Waals surface area contributed by atoms with Crippen molar-refractivity contribution in [3.63, 3.8) is 0 Å². The number of hydrogen-bond donors (Lipinski definition) is 0. The molecule has 4 heteroatoms. The third-order valence-corrected chi connectivity index (χ3v) is 6.32. The number of hydrogen-bond acceptors (Lipinski definition) is 2. The van der Waals surface area contributed by atoms with Gasteiger partial charge in [0.25, 0.3) is 0 Å². The van der Waals surface area contributed by atoms with Gasteiger partial charge in [-0.1, -0.05) is 48.5 Å². The molecule has 0 unspecified atom stereocenters. The van der Waals surface area contributed by atoms with E-state index in [9.17, 15) is 0 Å². The van der Waals surface area contributed by atoms with Crippen LogP contribution >= 0.6 is 45.2 Å². The van der Waals surface area contributed by atoms with Crippen LogP contribution in [-0.2, 0) is 0 Å². The summed E-state index contributed by atoms with van der Waals surface area (Å²) < 4.78 is 8.45. The minimum atomic E-state index is 0.880. The molecule has 0 bridgehead atoms. The Kier molecular flexibility index (Phi) is 4.54. The first-order valence-corrected chi connectivity index (χ1v) is 8.66. The Bertz CT molecular complexity index is 738. The monoisotopic (exact) mass is 501 g/mol. The molecule has 106 valence electrons. The number of rotatable bonds is 3. The van der Waals surface area contributed by atoms with Crippen molar-refractivity contribution in [2.75, 3.05) is 11.9 Å². The smallest absolute Gasteiger partial charge is 0.214 e. The largest absolute Gasteiger partial charge is 0.438 e. The quantitative estimate of drug-likeness (QED) is 0.415. The fraction of sp³-hybridized carbons (Fsp3) is 0.0588. The first-order valence-electron chi connectivity index (χ1n) is 6.50. The Morgan fingerprint density at radius 3 is 2.00 bits per heavy atom. The lowest BCUT2D eigenvalue weighted by atomic mass is 10.2. The molecule has 0 aliphatic heterocycles. The van der Waals surface area contributed by atoms with E-state index in [4.69, 9.17) is 4.42 Å². The van der Waals surface area contributed by atoms with Gasteiger partial charge in [-0.05, 0) is 57.3 Å². The van der Waals surface area contributed by atoms with Crippen LogP contribution in [0.2, 0.25) is 0 Å². The molecular weight excluding hydrogens is 488 g/mol. The van der Waals surface area contributed by atoms with Gasteiger partial charge in [0.2, 0.25) is 5.88 Å². The molecule has 3 aromatic rings. The third kappa shape index (κ3) is 2.96. The molecular formula is C17H13I2NO. The third-order valence-electron chi connectivity index (χ3n) is 3.26. The minimum Gasteiger partial charge on any atom is -0.438 e. The molecule has 0 fully saturated rings. The van der Waals surface area contributed by atoms with Gasteiger partial charge in [0.15, 0.2) is 5.76 Å². The summed E-state index contributed by atoms with van der Waals surface area (Å²) in [5, 5.41) is 0. The summed E-state index contributed by atoms with van der Waals surface area (Å²) in [5.74, 6) is 1.81. The lowest BCUT2D eigenvalue weighted by Gasteiger charge is -2.16. The standard InChI is InChI=1S/C17H13I2NO/c1-20(13-10-6-3-7-11-13)17-15(19)14(18)16(21-17)12-8-4-2-5-9-12/h2-11H,1H3. The Labute approximate surface area is 151 Å². The lowest BCUT2D eigenvalue weighted by Crippen LogP contribution is -2.09. The van der Waals surface area contributed by atoms with Crippen LogP contribution in [0.25, 0.3) is 11.3 Å². The molecule has 21 heavy (non-hydrogen) atoms. The second-order valence-corrected chi connectivity index (χ2v) is 6.78. The molecule has 0 saturated carbocycles.